The Balaban J connectivity index is 1.33. The van der Waals surface area contributed by atoms with Crippen molar-refractivity contribution in [2.24, 2.45) is 0 Å². The van der Waals surface area contributed by atoms with Crippen molar-refractivity contribution in [2.45, 2.75) is 55.8 Å². The molecule has 0 unspecified atom stereocenters. The fourth-order valence-electron chi connectivity index (χ4n) is 8.26. The second-order valence-corrected chi connectivity index (χ2v) is 15.2. The summed E-state index contributed by atoms with van der Waals surface area (Å²) in [6.07, 6.45) is 4.28. The number of nitrogen functional groups attached to an aromatic ring is 1. The summed E-state index contributed by atoms with van der Waals surface area (Å²) in [6.45, 7) is 2.65. The number of halogens is 4. The van der Waals surface area contributed by atoms with E-state index in [0.717, 1.165) is 50.0 Å². The number of aromatic nitrogens is 2. The quantitative estimate of drug-likeness (QED) is 0.231. The van der Waals surface area contributed by atoms with Gasteiger partial charge in [0.25, 0.3) is 0 Å². The summed E-state index contributed by atoms with van der Waals surface area (Å²) in [5.74, 6) is -0.713. The van der Waals surface area contributed by atoms with Crippen LogP contribution in [-0.4, -0.2) is 90.5 Å². The van der Waals surface area contributed by atoms with Gasteiger partial charge in [-0.25, -0.2) is 13.2 Å². The van der Waals surface area contributed by atoms with Gasteiger partial charge in [0.15, 0.2) is 11.6 Å². The van der Waals surface area contributed by atoms with E-state index in [0.29, 0.717) is 37.3 Å². The summed E-state index contributed by atoms with van der Waals surface area (Å²) in [5.41, 5.74) is 5.64. The molecule has 2 N–H and O–H groups in total. The smallest absolute Gasteiger partial charge is 0.319 e. The van der Waals surface area contributed by atoms with E-state index in [2.05, 4.69) is 33.8 Å². The van der Waals surface area contributed by atoms with Crippen molar-refractivity contribution in [1.29, 1.82) is 5.26 Å². The maximum atomic E-state index is 17.2. The molecule has 252 valence electrons. The third-order valence-corrected chi connectivity index (χ3v) is 12.4. The Kier molecular flexibility index (Phi) is 7.60. The second kappa shape index (κ2) is 11.5. The first-order valence-corrected chi connectivity index (χ1v) is 17.5. The Bertz CT molecular complexity index is 2010. The summed E-state index contributed by atoms with van der Waals surface area (Å²) in [7, 11) is 4.13. The Morgan fingerprint density at radius 2 is 2.00 bits per heavy atom. The molecule has 2 saturated heterocycles. The van der Waals surface area contributed by atoms with Crippen LogP contribution in [0.15, 0.2) is 12.1 Å². The number of fused-ring (bicyclic) bond motifs is 2. The summed E-state index contributed by atoms with van der Waals surface area (Å²) >= 11 is 7.98. The molecule has 1 aliphatic carbocycles. The molecule has 4 aliphatic rings. The molecule has 1 saturated carbocycles. The third-order valence-electron chi connectivity index (χ3n) is 11.0. The molecule has 5 heterocycles. The molecule has 0 bridgehead atoms. The lowest BCUT2D eigenvalue weighted by molar-refractivity contribution is 0.0665. The van der Waals surface area contributed by atoms with Gasteiger partial charge in [0, 0.05) is 36.0 Å². The van der Waals surface area contributed by atoms with Crippen LogP contribution in [-0.2, 0) is 0 Å². The normalized spacial score (nSPS) is 23.3. The first-order valence-electron chi connectivity index (χ1n) is 16.3. The largest absolute Gasteiger partial charge is 0.489 e. The van der Waals surface area contributed by atoms with Crippen LogP contribution < -0.4 is 20.1 Å². The number of benzene rings is 2. The molecule has 2 aromatic carbocycles. The number of ether oxygens (including phenoxy) is 2. The van der Waals surface area contributed by atoms with E-state index >= 15 is 4.39 Å². The molecule has 2 atom stereocenters. The fraction of sp³-hybridized carbons (Fsp3) is 0.500. The number of rotatable bonds is 7. The number of anilines is 2. The van der Waals surface area contributed by atoms with Gasteiger partial charge in [-0.2, -0.15) is 15.2 Å². The SMILES string of the molecule is CN(C)C1(CN2CCOc3c(Cl)c(-c4ccc(F)c5sc(N)c(C#N)c45)c(F)c4nc(OC[C@@]56CCCN5C[C@H](F)C6)nc2c34)CCC1. The van der Waals surface area contributed by atoms with Crippen LogP contribution in [0, 0.1) is 23.0 Å². The lowest BCUT2D eigenvalue weighted by Crippen LogP contribution is -2.57. The van der Waals surface area contributed by atoms with Crippen molar-refractivity contribution < 1.29 is 22.6 Å². The topological polar surface area (TPSA) is 104 Å². The van der Waals surface area contributed by atoms with Crippen LogP contribution in [0.25, 0.3) is 32.1 Å². The molecular formula is C34H35ClF3N7O2S. The van der Waals surface area contributed by atoms with Crippen LogP contribution in [0.4, 0.5) is 24.0 Å². The fourth-order valence-corrected chi connectivity index (χ4v) is 9.54. The molecule has 0 radical (unpaired) electrons. The lowest BCUT2D eigenvalue weighted by Gasteiger charge is -2.49. The predicted molar refractivity (Wildman–Crippen MR) is 181 cm³/mol. The standard InChI is InChI=1S/C34H35ClF3N7O2S/c1-43(2)33(7-3-8-33)16-44-11-12-46-28-24-27(41-32(42-31(24)44)47-17-34-9-4-10-45(34)15-18(36)13-34)26(38)23(25(28)35)19-5-6-21(37)29-22(19)20(14-39)30(40)48-29/h5-6,18H,3-4,7-13,15-17,40H2,1-2H3/t18-,34+/m1/s1. The zero-order valence-electron chi connectivity index (χ0n) is 26.7. The van der Waals surface area contributed by atoms with Gasteiger partial charge in [-0.15, -0.1) is 11.3 Å². The molecule has 14 heteroatoms. The Hall–Kier alpha value is -3.57. The van der Waals surface area contributed by atoms with Gasteiger partial charge in [0.1, 0.15) is 47.6 Å². The highest BCUT2D eigenvalue weighted by Gasteiger charge is 2.49. The average Bonchev–Trinajstić information content (AvgIpc) is 3.63. The van der Waals surface area contributed by atoms with Crippen LogP contribution >= 0.6 is 22.9 Å². The van der Waals surface area contributed by atoms with Crippen molar-refractivity contribution in [3.63, 3.8) is 0 Å². The van der Waals surface area contributed by atoms with Gasteiger partial charge >= 0.3 is 6.01 Å². The maximum absolute atomic E-state index is 17.2. The molecule has 3 aliphatic heterocycles. The van der Waals surface area contributed by atoms with E-state index < -0.39 is 23.3 Å². The van der Waals surface area contributed by atoms with Crippen LogP contribution in [0.2, 0.25) is 5.02 Å². The highest BCUT2D eigenvalue weighted by Crippen LogP contribution is 2.51. The third kappa shape index (κ3) is 4.70. The summed E-state index contributed by atoms with van der Waals surface area (Å²) < 4.78 is 59.5. The highest BCUT2D eigenvalue weighted by molar-refractivity contribution is 7.23. The summed E-state index contributed by atoms with van der Waals surface area (Å²) in [5, 5.41) is 10.5. The minimum Gasteiger partial charge on any atom is -0.489 e. The number of thiophene rings is 1. The monoisotopic (exact) mass is 697 g/mol. The molecule has 3 fully saturated rings. The molecule has 4 aromatic rings. The van der Waals surface area contributed by atoms with Crippen molar-refractivity contribution >= 4 is 54.7 Å². The summed E-state index contributed by atoms with van der Waals surface area (Å²) in [6, 6.07) is 4.63. The van der Waals surface area contributed by atoms with E-state index in [1.165, 1.54) is 12.1 Å². The second-order valence-electron chi connectivity index (χ2n) is 13.7. The van der Waals surface area contributed by atoms with Gasteiger partial charge in [0.2, 0.25) is 0 Å². The minimum absolute atomic E-state index is 0.0275. The predicted octanol–water partition coefficient (Wildman–Crippen LogP) is 6.54. The number of alkyl halides is 1. The highest BCUT2D eigenvalue weighted by atomic mass is 35.5. The van der Waals surface area contributed by atoms with Gasteiger partial charge in [-0.1, -0.05) is 17.7 Å². The zero-order chi connectivity index (χ0) is 33.5. The molecule has 0 spiro atoms. The number of nitriles is 1. The molecular weight excluding hydrogens is 663 g/mol. The zero-order valence-corrected chi connectivity index (χ0v) is 28.3. The average molecular weight is 698 g/mol. The van der Waals surface area contributed by atoms with Gasteiger partial charge in [0.05, 0.1) is 32.8 Å². The number of hydrogen-bond acceptors (Lipinski definition) is 10. The minimum atomic E-state index is -0.935. The molecule has 0 amide bonds. The van der Waals surface area contributed by atoms with Crippen molar-refractivity contribution in [3.05, 3.63) is 34.4 Å². The number of hydrogen-bond donors (Lipinski definition) is 1. The lowest BCUT2D eigenvalue weighted by atomic mass is 9.75. The van der Waals surface area contributed by atoms with E-state index in [4.69, 9.17) is 31.8 Å². The Morgan fingerprint density at radius 3 is 2.73 bits per heavy atom. The van der Waals surface area contributed by atoms with Crippen LogP contribution in [0.3, 0.4) is 0 Å². The van der Waals surface area contributed by atoms with E-state index in [1.54, 1.807) is 0 Å². The maximum Gasteiger partial charge on any atom is 0.319 e. The number of nitrogens with two attached hydrogens (primary N) is 1. The van der Waals surface area contributed by atoms with Crippen LogP contribution in [0.5, 0.6) is 11.8 Å². The molecule has 2 aromatic heterocycles. The van der Waals surface area contributed by atoms with Crippen molar-refractivity contribution in [3.8, 4) is 29.0 Å². The van der Waals surface area contributed by atoms with E-state index in [-0.39, 0.29) is 72.8 Å². The Labute approximate surface area is 285 Å². The van der Waals surface area contributed by atoms with Gasteiger partial charge in [-0.05, 0) is 64.4 Å². The van der Waals surface area contributed by atoms with Crippen LogP contribution in [0.1, 0.15) is 44.1 Å². The van der Waals surface area contributed by atoms with E-state index in [1.807, 2.05) is 6.07 Å². The van der Waals surface area contributed by atoms with Crippen molar-refractivity contribution in [2.75, 3.05) is 64.1 Å². The number of nitrogens with zero attached hydrogens (tertiary/aromatic N) is 6. The molecule has 48 heavy (non-hydrogen) atoms. The molecule has 8 rings (SSSR count). The molecule has 9 nitrogen and oxygen atoms in total. The van der Waals surface area contributed by atoms with Crippen molar-refractivity contribution in [1.82, 2.24) is 19.8 Å². The van der Waals surface area contributed by atoms with Gasteiger partial charge < -0.3 is 25.0 Å². The Morgan fingerprint density at radius 1 is 1.19 bits per heavy atom. The van der Waals surface area contributed by atoms with Gasteiger partial charge in [-0.3, -0.25) is 4.90 Å². The van der Waals surface area contributed by atoms with E-state index in [9.17, 15) is 14.0 Å². The first-order chi connectivity index (χ1) is 23.1. The summed E-state index contributed by atoms with van der Waals surface area (Å²) in [4.78, 5) is 16.0. The first kappa shape index (κ1) is 31.7. The number of likely N-dealkylation sites (N-methyl/N-ethyl adjacent to an activating group) is 1.